The lowest BCUT2D eigenvalue weighted by Gasteiger charge is -2.31. The zero-order valence-corrected chi connectivity index (χ0v) is 15.6. The number of rotatable bonds is 4. The lowest BCUT2D eigenvalue weighted by atomic mass is 9.87. The summed E-state index contributed by atoms with van der Waals surface area (Å²) in [7, 11) is 0. The number of hydrogen-bond acceptors (Lipinski definition) is 5. The molecule has 0 aromatic carbocycles. The first-order valence-corrected chi connectivity index (χ1v) is 9.48. The molecule has 0 saturated carbocycles. The summed E-state index contributed by atoms with van der Waals surface area (Å²) in [6, 6.07) is 0.589. The highest BCUT2D eigenvalue weighted by molar-refractivity contribution is 7.08. The van der Waals surface area contributed by atoms with Crippen molar-refractivity contribution in [2.24, 2.45) is 5.41 Å². The molecule has 2 aliphatic rings. The number of amides is 2. The number of ether oxygens (including phenoxy) is 1. The summed E-state index contributed by atoms with van der Waals surface area (Å²) in [5.41, 5.74) is 0.411. The van der Waals surface area contributed by atoms with Gasteiger partial charge in [-0.3, -0.25) is 14.4 Å². The molecule has 0 aliphatic carbocycles. The highest BCUT2D eigenvalue weighted by Gasteiger charge is 2.48. The molecule has 3 unspecified atom stereocenters. The molecule has 25 heavy (non-hydrogen) atoms. The maximum absolute atomic E-state index is 13.1. The average molecular weight is 364 g/mol. The molecular formula is C18H24N2O4S. The number of Topliss-reactive ketones (excluding diaryl/α,β-unsaturated/α-hetero) is 1. The highest BCUT2D eigenvalue weighted by Crippen LogP contribution is 2.29. The van der Waals surface area contributed by atoms with E-state index in [2.05, 4.69) is 5.32 Å². The largest absolute Gasteiger partial charge is 0.368 e. The van der Waals surface area contributed by atoms with Crippen molar-refractivity contribution in [3.8, 4) is 0 Å². The van der Waals surface area contributed by atoms with Crippen LogP contribution in [0, 0.1) is 5.41 Å². The Balaban J connectivity index is 1.77. The molecule has 2 fully saturated rings. The van der Waals surface area contributed by atoms with E-state index in [-0.39, 0.29) is 35.7 Å². The fourth-order valence-electron chi connectivity index (χ4n) is 3.49. The van der Waals surface area contributed by atoms with Crippen molar-refractivity contribution in [2.45, 2.75) is 51.8 Å². The van der Waals surface area contributed by atoms with Gasteiger partial charge in [0.25, 0.3) is 5.91 Å². The molecule has 1 N–H and O–H groups in total. The minimum Gasteiger partial charge on any atom is -0.368 e. The van der Waals surface area contributed by atoms with E-state index >= 15 is 0 Å². The van der Waals surface area contributed by atoms with Gasteiger partial charge in [-0.25, -0.2) is 0 Å². The van der Waals surface area contributed by atoms with Crippen molar-refractivity contribution in [2.75, 3.05) is 13.2 Å². The summed E-state index contributed by atoms with van der Waals surface area (Å²) < 4.78 is 5.46. The van der Waals surface area contributed by atoms with Gasteiger partial charge in [-0.05, 0) is 29.7 Å². The predicted octanol–water partition coefficient (Wildman–Crippen LogP) is 1.85. The Morgan fingerprint density at radius 3 is 2.84 bits per heavy atom. The van der Waals surface area contributed by atoms with Crippen LogP contribution in [0.25, 0.3) is 0 Å². The van der Waals surface area contributed by atoms with Crippen LogP contribution in [0.2, 0.25) is 0 Å². The van der Waals surface area contributed by atoms with E-state index < -0.39 is 12.1 Å². The Morgan fingerprint density at radius 1 is 1.44 bits per heavy atom. The van der Waals surface area contributed by atoms with Crippen LogP contribution >= 0.6 is 11.3 Å². The second-order valence-corrected chi connectivity index (χ2v) is 8.66. The maximum Gasteiger partial charge on any atom is 0.252 e. The minimum absolute atomic E-state index is 0.0467. The zero-order valence-electron chi connectivity index (χ0n) is 14.8. The zero-order chi connectivity index (χ0) is 18.2. The standard InChI is InChI=1S/C18H24N2O4S/c1-18(2,3)8-12(19-16(22)11-5-7-25-10-11)17(23)20-6-4-14-15(20)13(21)9-24-14/h5,7,10,12,14-15H,4,6,8-9H2,1-3H3,(H,19,22). The fourth-order valence-corrected chi connectivity index (χ4v) is 4.13. The summed E-state index contributed by atoms with van der Waals surface area (Å²) in [5.74, 6) is -0.493. The first-order chi connectivity index (χ1) is 11.8. The van der Waals surface area contributed by atoms with Crippen LogP contribution in [-0.4, -0.2) is 53.8 Å². The SMILES string of the molecule is CC(C)(C)CC(NC(=O)c1ccsc1)C(=O)N1CCC2OCC(=O)C21. The summed E-state index contributed by atoms with van der Waals surface area (Å²) in [5, 5.41) is 6.46. The van der Waals surface area contributed by atoms with E-state index in [4.69, 9.17) is 4.74 Å². The van der Waals surface area contributed by atoms with Gasteiger partial charge >= 0.3 is 0 Å². The molecule has 3 rings (SSSR count). The third kappa shape index (κ3) is 3.93. The molecule has 2 aliphatic heterocycles. The molecule has 6 nitrogen and oxygen atoms in total. The Hall–Kier alpha value is -1.73. The van der Waals surface area contributed by atoms with Crippen LogP contribution < -0.4 is 5.32 Å². The fraction of sp³-hybridized carbons (Fsp3) is 0.611. The van der Waals surface area contributed by atoms with Gasteiger partial charge in [0, 0.05) is 11.9 Å². The number of fused-ring (bicyclic) bond motifs is 1. The van der Waals surface area contributed by atoms with Crippen molar-refractivity contribution in [1.82, 2.24) is 10.2 Å². The predicted molar refractivity (Wildman–Crippen MR) is 94.5 cm³/mol. The second kappa shape index (κ2) is 6.88. The Bertz CT molecular complexity index is 665. The van der Waals surface area contributed by atoms with Crippen molar-refractivity contribution in [3.63, 3.8) is 0 Å². The molecule has 0 radical (unpaired) electrons. The van der Waals surface area contributed by atoms with Gasteiger partial charge in [0.15, 0.2) is 5.78 Å². The van der Waals surface area contributed by atoms with E-state index in [1.54, 1.807) is 16.3 Å². The number of likely N-dealkylation sites (tertiary alicyclic amines) is 1. The number of nitrogens with one attached hydrogen (secondary N) is 1. The van der Waals surface area contributed by atoms with E-state index in [1.165, 1.54) is 11.3 Å². The van der Waals surface area contributed by atoms with Crippen LogP contribution in [0.1, 0.15) is 44.0 Å². The van der Waals surface area contributed by atoms with Gasteiger partial charge < -0.3 is 15.0 Å². The normalized spacial score (nSPS) is 24.3. The van der Waals surface area contributed by atoms with E-state index in [0.29, 0.717) is 24.9 Å². The van der Waals surface area contributed by atoms with Crippen molar-refractivity contribution in [3.05, 3.63) is 22.4 Å². The molecule has 136 valence electrons. The van der Waals surface area contributed by atoms with Gasteiger partial charge in [-0.2, -0.15) is 11.3 Å². The Morgan fingerprint density at radius 2 is 2.20 bits per heavy atom. The molecule has 0 spiro atoms. The first-order valence-electron chi connectivity index (χ1n) is 8.54. The molecule has 3 heterocycles. The lowest BCUT2D eigenvalue weighted by Crippen LogP contribution is -2.53. The number of nitrogens with zero attached hydrogens (tertiary/aromatic N) is 1. The maximum atomic E-state index is 13.1. The molecule has 7 heteroatoms. The second-order valence-electron chi connectivity index (χ2n) is 7.88. The number of ketones is 1. The third-order valence-electron chi connectivity index (χ3n) is 4.60. The summed E-state index contributed by atoms with van der Waals surface area (Å²) in [4.78, 5) is 39.3. The minimum atomic E-state index is -0.653. The van der Waals surface area contributed by atoms with Crippen LogP contribution in [0.15, 0.2) is 16.8 Å². The van der Waals surface area contributed by atoms with Gasteiger partial charge in [0.05, 0.1) is 11.7 Å². The monoisotopic (exact) mass is 364 g/mol. The van der Waals surface area contributed by atoms with Gasteiger partial charge in [0.1, 0.15) is 18.7 Å². The summed E-state index contributed by atoms with van der Waals surface area (Å²) >= 11 is 1.44. The number of hydrogen-bond donors (Lipinski definition) is 1. The number of thiophene rings is 1. The molecule has 2 amide bonds. The summed E-state index contributed by atoms with van der Waals surface area (Å²) in [6.45, 7) is 6.65. The van der Waals surface area contributed by atoms with Gasteiger partial charge in [0.2, 0.25) is 5.91 Å². The van der Waals surface area contributed by atoms with Crippen molar-refractivity contribution < 1.29 is 19.1 Å². The van der Waals surface area contributed by atoms with Crippen molar-refractivity contribution in [1.29, 1.82) is 0 Å². The molecule has 2 saturated heterocycles. The van der Waals surface area contributed by atoms with E-state index in [9.17, 15) is 14.4 Å². The van der Waals surface area contributed by atoms with Crippen LogP contribution in [0.4, 0.5) is 0 Å². The van der Waals surface area contributed by atoms with Crippen LogP contribution in [0.3, 0.4) is 0 Å². The first kappa shape index (κ1) is 18.1. The molecule has 1 aromatic heterocycles. The molecule has 1 aromatic rings. The quantitative estimate of drug-likeness (QED) is 0.885. The van der Waals surface area contributed by atoms with E-state index in [1.807, 2.05) is 26.2 Å². The van der Waals surface area contributed by atoms with Gasteiger partial charge in [-0.1, -0.05) is 20.8 Å². The number of carbonyl (C=O) groups excluding carboxylic acids is 3. The average Bonchev–Trinajstić information content (AvgIpc) is 3.23. The summed E-state index contributed by atoms with van der Waals surface area (Å²) in [6.07, 6.45) is 0.979. The third-order valence-corrected chi connectivity index (χ3v) is 5.28. The molecular weight excluding hydrogens is 340 g/mol. The Kier molecular flexibility index (Phi) is 4.97. The highest BCUT2D eigenvalue weighted by atomic mass is 32.1. The molecule has 3 atom stereocenters. The Labute approximate surface area is 151 Å². The van der Waals surface area contributed by atoms with Crippen molar-refractivity contribution >= 4 is 28.9 Å². The van der Waals surface area contributed by atoms with Crippen LogP contribution in [0.5, 0.6) is 0 Å². The lowest BCUT2D eigenvalue weighted by molar-refractivity contribution is -0.138. The van der Waals surface area contributed by atoms with Gasteiger partial charge in [-0.15, -0.1) is 0 Å². The number of carbonyl (C=O) groups is 3. The van der Waals surface area contributed by atoms with E-state index in [0.717, 1.165) is 0 Å². The molecule has 0 bridgehead atoms. The topological polar surface area (TPSA) is 75.7 Å². The van der Waals surface area contributed by atoms with Crippen LogP contribution in [-0.2, 0) is 14.3 Å². The smallest absolute Gasteiger partial charge is 0.252 e.